The van der Waals surface area contributed by atoms with Crippen molar-refractivity contribution in [2.75, 3.05) is 26.4 Å². The van der Waals surface area contributed by atoms with Gasteiger partial charge in [-0.1, -0.05) is 269 Å². The summed E-state index contributed by atoms with van der Waals surface area (Å²) in [6, 6.07) is -0.922. The molecule has 19 heteroatoms. The van der Waals surface area contributed by atoms with Crippen LogP contribution in [0.2, 0.25) is 0 Å². The summed E-state index contributed by atoms with van der Waals surface area (Å²) in [5, 5.41) is 121. The predicted molar refractivity (Wildman–Crippen MR) is 401 cm³/mol. The van der Waals surface area contributed by atoms with Crippen LogP contribution in [0.15, 0.2) is 146 Å². The number of amides is 1. The summed E-state index contributed by atoms with van der Waals surface area (Å²) in [4.78, 5) is 13.4. The summed E-state index contributed by atoms with van der Waals surface area (Å²) in [5.41, 5.74) is 0. The maximum Gasteiger partial charge on any atom is 0.220 e. The van der Waals surface area contributed by atoms with Gasteiger partial charge in [-0.05, 0) is 103 Å². The lowest BCUT2D eigenvalue weighted by Gasteiger charge is -2.48. The topological polar surface area (TPSA) is 307 Å². The molecule has 19 nitrogen and oxygen atoms in total. The third-order valence-electron chi connectivity index (χ3n) is 18.2. The van der Waals surface area contributed by atoms with Crippen LogP contribution >= 0.6 is 0 Å². The molecule has 0 aromatic carbocycles. The van der Waals surface area contributed by atoms with E-state index in [0.717, 1.165) is 109 Å². The fourth-order valence-corrected chi connectivity index (χ4v) is 12.0. The van der Waals surface area contributed by atoms with Crippen LogP contribution in [0.1, 0.15) is 232 Å². The number of nitrogens with one attached hydrogen (secondary N) is 1. The molecule has 0 aliphatic carbocycles. The first-order chi connectivity index (χ1) is 49.3. The van der Waals surface area contributed by atoms with Gasteiger partial charge < -0.3 is 89.9 Å². The number of hydrogen-bond acceptors (Lipinski definition) is 18. The molecule has 17 atom stereocenters. The molecule has 3 saturated heterocycles. The van der Waals surface area contributed by atoms with Gasteiger partial charge in [-0.3, -0.25) is 4.79 Å². The molecule has 3 aliphatic heterocycles. The molecular weight excluding hydrogens is 1290 g/mol. The highest BCUT2D eigenvalue weighted by Crippen LogP contribution is 2.33. The quantitative estimate of drug-likeness (QED) is 0.0199. The first-order valence-corrected chi connectivity index (χ1v) is 38.6. The van der Waals surface area contributed by atoms with E-state index in [-0.39, 0.29) is 18.9 Å². The Kier molecular flexibility index (Phi) is 54.8. The molecule has 12 N–H and O–H groups in total. The molecule has 3 rings (SSSR count). The number of rotatable bonds is 58. The smallest absolute Gasteiger partial charge is 0.220 e. The summed E-state index contributed by atoms with van der Waals surface area (Å²) < 4.78 is 34.4. The van der Waals surface area contributed by atoms with Crippen LogP contribution < -0.4 is 5.32 Å². The van der Waals surface area contributed by atoms with Crippen molar-refractivity contribution < 1.29 is 89.4 Å². The molecule has 576 valence electrons. The Balaban J connectivity index is 1.38. The Morgan fingerprint density at radius 1 is 0.366 bits per heavy atom. The maximum absolute atomic E-state index is 13.4. The Morgan fingerprint density at radius 3 is 1.05 bits per heavy atom. The lowest BCUT2D eigenvalue weighted by Crippen LogP contribution is -2.66. The van der Waals surface area contributed by atoms with Crippen molar-refractivity contribution in [1.82, 2.24) is 5.32 Å². The van der Waals surface area contributed by atoms with Gasteiger partial charge in [0, 0.05) is 6.42 Å². The second kappa shape index (κ2) is 60.9. The van der Waals surface area contributed by atoms with Gasteiger partial charge in [0.2, 0.25) is 5.91 Å². The number of carbonyl (C=O) groups is 1. The van der Waals surface area contributed by atoms with Gasteiger partial charge in [0.05, 0.1) is 38.6 Å². The lowest BCUT2D eigenvalue weighted by molar-refractivity contribution is -0.379. The standard InChI is InChI=1S/C82H135NO18/c1-3-5-7-9-11-13-15-17-19-21-22-23-24-25-26-27-28-29-30-31-32-33-34-35-36-37-38-39-40-41-42-44-46-48-50-52-54-56-58-60-70(88)83-65(66(87)59-57-55-53-51-49-47-45-43-20-18-16-14-12-10-8-6-4-2)64-96-80-76(94)73(91)78(68(62-85)98-80)101-82-77(95)74(92)79(69(63-86)99-82)100-81-75(93)72(90)71(89)67(61-84)97-81/h5,7,11,13,17,19,22-23,25-26,28-29,31-32,34-35,37-38,40-41,44,46,50,52,65-69,71-82,84-87,89-95H,3-4,6,8-10,12,14-16,18,20-21,24,27,30,33,36,39,42-43,45,47-49,51,53-64H2,1-2H3,(H,83,88)/b7-5-,13-11-,19-17-,23-22-,26-25-,29-28-,32-31-,35-34-,38-37-,41-40-,46-44-,52-50-. The van der Waals surface area contributed by atoms with E-state index in [1.54, 1.807) is 0 Å². The van der Waals surface area contributed by atoms with E-state index < -0.39 is 124 Å². The molecule has 0 bridgehead atoms. The van der Waals surface area contributed by atoms with Crippen LogP contribution in [0.3, 0.4) is 0 Å². The van der Waals surface area contributed by atoms with Crippen molar-refractivity contribution in [1.29, 1.82) is 0 Å². The fraction of sp³-hybridized carbons (Fsp3) is 0.695. The average molecular weight is 1420 g/mol. The summed E-state index contributed by atoms with van der Waals surface area (Å²) in [6.07, 6.45) is 60.7. The zero-order valence-corrected chi connectivity index (χ0v) is 61.3. The van der Waals surface area contributed by atoms with Gasteiger partial charge in [0.25, 0.3) is 0 Å². The van der Waals surface area contributed by atoms with Crippen molar-refractivity contribution in [3.8, 4) is 0 Å². The predicted octanol–water partition coefficient (Wildman–Crippen LogP) is 12.3. The van der Waals surface area contributed by atoms with Crippen LogP contribution in [0.4, 0.5) is 0 Å². The van der Waals surface area contributed by atoms with Crippen LogP contribution in [-0.2, 0) is 33.2 Å². The maximum atomic E-state index is 13.4. The van der Waals surface area contributed by atoms with Crippen LogP contribution in [0.25, 0.3) is 0 Å². The zero-order valence-electron chi connectivity index (χ0n) is 61.3. The summed E-state index contributed by atoms with van der Waals surface area (Å²) in [5.74, 6) is -0.290. The van der Waals surface area contributed by atoms with Crippen molar-refractivity contribution in [3.63, 3.8) is 0 Å². The zero-order chi connectivity index (χ0) is 73.2. The van der Waals surface area contributed by atoms with E-state index in [1.165, 1.54) is 83.5 Å². The normalized spacial score (nSPS) is 27.2. The molecule has 0 aromatic heterocycles. The van der Waals surface area contributed by atoms with E-state index in [0.29, 0.717) is 19.3 Å². The number of aliphatic hydroxyl groups is 11. The van der Waals surface area contributed by atoms with Gasteiger partial charge in [-0.2, -0.15) is 0 Å². The molecule has 3 fully saturated rings. The number of allylic oxidation sites excluding steroid dienone is 24. The third kappa shape index (κ3) is 41.2. The molecule has 1 amide bonds. The summed E-state index contributed by atoms with van der Waals surface area (Å²) in [7, 11) is 0. The molecule has 0 saturated carbocycles. The highest BCUT2D eigenvalue weighted by Gasteiger charge is 2.53. The highest BCUT2D eigenvalue weighted by molar-refractivity contribution is 5.76. The molecule has 101 heavy (non-hydrogen) atoms. The Labute approximate surface area is 606 Å². The van der Waals surface area contributed by atoms with Crippen LogP contribution in [0, 0.1) is 0 Å². The monoisotopic (exact) mass is 1420 g/mol. The Hall–Kier alpha value is -4.33. The van der Waals surface area contributed by atoms with Crippen molar-refractivity contribution in [2.45, 2.75) is 336 Å². The fourth-order valence-electron chi connectivity index (χ4n) is 12.0. The molecule has 0 radical (unpaired) electrons. The number of aliphatic hydroxyl groups excluding tert-OH is 11. The van der Waals surface area contributed by atoms with Crippen LogP contribution in [-0.4, -0.2) is 193 Å². The van der Waals surface area contributed by atoms with Gasteiger partial charge in [0.1, 0.15) is 73.2 Å². The molecule has 0 spiro atoms. The summed E-state index contributed by atoms with van der Waals surface area (Å²) in [6.45, 7) is 1.64. The van der Waals surface area contributed by atoms with E-state index in [1.807, 2.05) is 0 Å². The highest BCUT2D eigenvalue weighted by atomic mass is 16.8. The number of unbranched alkanes of at least 4 members (excludes halogenated alkanes) is 18. The number of ether oxygens (including phenoxy) is 6. The number of hydrogen-bond donors (Lipinski definition) is 12. The minimum Gasteiger partial charge on any atom is -0.394 e. The van der Waals surface area contributed by atoms with E-state index in [4.69, 9.17) is 28.4 Å². The van der Waals surface area contributed by atoms with Crippen molar-refractivity contribution in [2.24, 2.45) is 0 Å². The van der Waals surface area contributed by atoms with Crippen molar-refractivity contribution >= 4 is 5.91 Å². The molecule has 3 heterocycles. The SMILES string of the molecule is CC/C=C\C/C=C\C/C=C\C/C=C\C/C=C\C/C=C\C/C=C\C/C=C\C/C=C\C/C=C\C/C=C\C/C=C\CCCCC(=O)NC(COC1OC(CO)C(OC2OC(CO)C(OC3OC(CO)C(O)C(O)C3O)C(O)C2O)C(O)C1O)C(O)CCCCCCCCCCCCCCCCCCC. The second-order valence-corrected chi connectivity index (χ2v) is 26.7. The first-order valence-electron chi connectivity index (χ1n) is 38.6. The van der Waals surface area contributed by atoms with Gasteiger partial charge >= 0.3 is 0 Å². The van der Waals surface area contributed by atoms with Gasteiger partial charge in [-0.15, -0.1) is 0 Å². The minimum absolute atomic E-state index is 0.202. The molecule has 0 aromatic rings. The Morgan fingerprint density at radius 2 is 0.683 bits per heavy atom. The third-order valence-corrected chi connectivity index (χ3v) is 18.2. The molecule has 17 unspecified atom stereocenters. The average Bonchev–Trinajstić information content (AvgIpc) is 0.792. The van der Waals surface area contributed by atoms with Crippen LogP contribution in [0.5, 0.6) is 0 Å². The lowest BCUT2D eigenvalue weighted by atomic mass is 9.96. The first kappa shape index (κ1) is 90.9. The van der Waals surface area contributed by atoms with Crippen molar-refractivity contribution in [3.05, 3.63) is 146 Å². The molecule has 3 aliphatic rings. The van der Waals surface area contributed by atoms with E-state index in [2.05, 4.69) is 165 Å². The van der Waals surface area contributed by atoms with E-state index >= 15 is 0 Å². The largest absolute Gasteiger partial charge is 0.394 e. The number of carbonyl (C=O) groups excluding carboxylic acids is 1. The second-order valence-electron chi connectivity index (χ2n) is 26.7. The Bertz CT molecular complexity index is 2400. The van der Waals surface area contributed by atoms with Gasteiger partial charge in [0.15, 0.2) is 18.9 Å². The summed E-state index contributed by atoms with van der Waals surface area (Å²) >= 11 is 0. The van der Waals surface area contributed by atoms with E-state index in [9.17, 15) is 61.0 Å². The molecular formula is C82H135NO18. The van der Waals surface area contributed by atoms with Gasteiger partial charge in [-0.25, -0.2) is 0 Å². The minimum atomic E-state index is -1.98.